The third-order valence-electron chi connectivity index (χ3n) is 6.23. The lowest BCUT2D eigenvalue weighted by atomic mass is 9.81. The van der Waals surface area contributed by atoms with E-state index in [1.165, 1.54) is 27.5 Å². The smallest absolute Gasteiger partial charge is 0.330 e. The van der Waals surface area contributed by atoms with Gasteiger partial charge >= 0.3 is 7.48 Å². The summed E-state index contributed by atoms with van der Waals surface area (Å²) in [5.74, 6) is 0.524. The van der Waals surface area contributed by atoms with Crippen LogP contribution in [0.25, 0.3) is 16.3 Å². The maximum atomic E-state index is 10.3. The first-order valence-corrected chi connectivity index (χ1v) is 10.3. The lowest BCUT2D eigenvalue weighted by molar-refractivity contribution is -0.0893. The highest BCUT2D eigenvalue weighted by Crippen LogP contribution is 2.33. The van der Waals surface area contributed by atoms with E-state index in [1.807, 2.05) is 13.8 Å². The number of allylic oxidation sites excluding steroid dienone is 8. The molecule has 0 aromatic heterocycles. The Hall–Kier alpha value is -2.36. The van der Waals surface area contributed by atoms with E-state index in [2.05, 4.69) is 72.9 Å². The Labute approximate surface area is 174 Å². The second kappa shape index (κ2) is 7.48. The van der Waals surface area contributed by atoms with E-state index >= 15 is 0 Å². The summed E-state index contributed by atoms with van der Waals surface area (Å²) in [6.45, 7) is 7.31. The lowest BCUT2D eigenvalue weighted by Crippen LogP contribution is -2.49. The zero-order valence-electron chi connectivity index (χ0n) is 17.6. The van der Waals surface area contributed by atoms with Crippen LogP contribution in [0.1, 0.15) is 39.7 Å². The molecule has 0 aliphatic heterocycles. The predicted molar refractivity (Wildman–Crippen MR) is 123 cm³/mol. The molecule has 0 saturated carbocycles. The van der Waals surface area contributed by atoms with Gasteiger partial charge in [0.05, 0.1) is 11.2 Å². The SMILES string of the molecule is CC(C)(O)C(C)(C)O[B]c1ccc2cc(C3=CC4=CC=CC[C@@H]4C=C3)ccc2c1. The summed E-state index contributed by atoms with van der Waals surface area (Å²) in [7, 11) is 1.74. The number of hydrogen-bond donors (Lipinski definition) is 1. The third-order valence-corrected chi connectivity index (χ3v) is 6.23. The van der Waals surface area contributed by atoms with Gasteiger partial charge in [-0.2, -0.15) is 0 Å². The van der Waals surface area contributed by atoms with Crippen LogP contribution in [-0.4, -0.2) is 23.8 Å². The average molecular weight is 383 g/mol. The molecule has 4 rings (SSSR count). The van der Waals surface area contributed by atoms with E-state index in [4.69, 9.17) is 4.65 Å². The third kappa shape index (κ3) is 4.17. The van der Waals surface area contributed by atoms with Crippen molar-refractivity contribution in [3.63, 3.8) is 0 Å². The number of aliphatic hydroxyl groups is 1. The maximum Gasteiger partial charge on any atom is 0.330 e. The summed E-state index contributed by atoms with van der Waals surface area (Å²) in [6.07, 6.45) is 14.6. The maximum absolute atomic E-state index is 10.3. The second-order valence-electron chi connectivity index (χ2n) is 9.02. The molecule has 2 aromatic rings. The normalized spacial score (nSPS) is 19.0. The Morgan fingerprint density at radius 2 is 1.79 bits per heavy atom. The molecule has 1 atom stereocenters. The molecule has 2 aromatic carbocycles. The minimum atomic E-state index is -0.931. The molecular formula is C26H28BO2. The van der Waals surface area contributed by atoms with Crippen LogP contribution in [0.5, 0.6) is 0 Å². The van der Waals surface area contributed by atoms with E-state index in [9.17, 15) is 5.11 Å². The van der Waals surface area contributed by atoms with Crippen LogP contribution < -0.4 is 5.46 Å². The van der Waals surface area contributed by atoms with Crippen molar-refractivity contribution in [2.75, 3.05) is 0 Å². The van der Waals surface area contributed by atoms with Crippen LogP contribution >= 0.6 is 0 Å². The Morgan fingerprint density at radius 1 is 1.03 bits per heavy atom. The Morgan fingerprint density at radius 3 is 2.59 bits per heavy atom. The number of rotatable bonds is 5. The van der Waals surface area contributed by atoms with Crippen molar-refractivity contribution in [2.45, 2.75) is 45.3 Å². The molecule has 0 bridgehead atoms. The van der Waals surface area contributed by atoms with Gasteiger partial charge in [0.15, 0.2) is 0 Å². The fourth-order valence-electron chi connectivity index (χ4n) is 3.51. The van der Waals surface area contributed by atoms with Gasteiger partial charge in [-0.3, -0.25) is 0 Å². The molecule has 1 N–H and O–H groups in total. The van der Waals surface area contributed by atoms with E-state index < -0.39 is 11.2 Å². The molecule has 3 heteroatoms. The van der Waals surface area contributed by atoms with Gasteiger partial charge in [-0.15, -0.1) is 0 Å². The molecule has 2 nitrogen and oxygen atoms in total. The summed E-state index contributed by atoms with van der Waals surface area (Å²) >= 11 is 0. The van der Waals surface area contributed by atoms with Crippen molar-refractivity contribution in [1.29, 1.82) is 0 Å². The van der Waals surface area contributed by atoms with Crippen molar-refractivity contribution in [2.24, 2.45) is 5.92 Å². The first-order valence-electron chi connectivity index (χ1n) is 10.3. The number of fused-ring (bicyclic) bond motifs is 2. The molecule has 0 heterocycles. The Balaban J connectivity index is 1.55. The van der Waals surface area contributed by atoms with Crippen molar-refractivity contribution in [3.8, 4) is 0 Å². The first kappa shape index (κ1) is 19.9. The second-order valence-corrected chi connectivity index (χ2v) is 9.02. The lowest BCUT2D eigenvalue weighted by Gasteiger charge is -2.37. The molecular weight excluding hydrogens is 355 g/mol. The molecule has 2 aliphatic rings. The Bertz CT molecular complexity index is 1050. The zero-order chi connectivity index (χ0) is 20.6. The van der Waals surface area contributed by atoms with Gasteiger partial charge in [-0.1, -0.05) is 72.3 Å². The number of hydrogen-bond acceptors (Lipinski definition) is 2. The molecule has 0 fully saturated rings. The van der Waals surface area contributed by atoms with Crippen LogP contribution in [0.3, 0.4) is 0 Å². The molecule has 1 radical (unpaired) electrons. The predicted octanol–water partition coefficient (Wildman–Crippen LogP) is 5.11. The highest BCUT2D eigenvalue weighted by molar-refractivity contribution is 6.47. The quantitative estimate of drug-likeness (QED) is 0.728. The van der Waals surface area contributed by atoms with Crippen molar-refractivity contribution >= 4 is 29.3 Å². The van der Waals surface area contributed by atoms with Gasteiger partial charge in [0.25, 0.3) is 0 Å². The van der Waals surface area contributed by atoms with E-state index in [-0.39, 0.29) is 0 Å². The summed E-state index contributed by atoms with van der Waals surface area (Å²) in [5, 5.41) is 12.6. The summed E-state index contributed by atoms with van der Waals surface area (Å²) in [5.41, 5.74) is 3.27. The van der Waals surface area contributed by atoms with Crippen molar-refractivity contribution in [3.05, 3.63) is 84.0 Å². The van der Waals surface area contributed by atoms with Crippen LogP contribution in [0, 0.1) is 5.92 Å². The molecule has 29 heavy (non-hydrogen) atoms. The van der Waals surface area contributed by atoms with Gasteiger partial charge in [-0.05, 0) is 67.7 Å². The Kier molecular flexibility index (Phi) is 5.14. The van der Waals surface area contributed by atoms with Crippen LogP contribution in [-0.2, 0) is 4.65 Å². The van der Waals surface area contributed by atoms with E-state index in [0.29, 0.717) is 5.92 Å². The molecule has 0 spiro atoms. The van der Waals surface area contributed by atoms with Gasteiger partial charge in [0, 0.05) is 5.92 Å². The first-order chi connectivity index (χ1) is 13.7. The molecule has 147 valence electrons. The van der Waals surface area contributed by atoms with Gasteiger partial charge in [-0.25, -0.2) is 0 Å². The largest absolute Gasteiger partial charge is 0.427 e. The van der Waals surface area contributed by atoms with Gasteiger partial charge in [0.1, 0.15) is 0 Å². The van der Waals surface area contributed by atoms with E-state index in [0.717, 1.165) is 11.9 Å². The fraction of sp³-hybridized carbons (Fsp3) is 0.308. The number of benzene rings is 2. The fourth-order valence-corrected chi connectivity index (χ4v) is 3.51. The minimum absolute atomic E-state index is 0.524. The minimum Gasteiger partial charge on any atom is -0.427 e. The highest BCUT2D eigenvalue weighted by atomic mass is 16.5. The zero-order valence-corrected chi connectivity index (χ0v) is 17.6. The van der Waals surface area contributed by atoms with E-state index in [1.54, 1.807) is 21.3 Å². The summed E-state index contributed by atoms with van der Waals surface area (Å²) in [6, 6.07) is 12.9. The summed E-state index contributed by atoms with van der Waals surface area (Å²) < 4.78 is 5.89. The van der Waals surface area contributed by atoms with Crippen molar-refractivity contribution in [1.82, 2.24) is 0 Å². The molecule has 2 aliphatic carbocycles. The molecule has 0 unspecified atom stereocenters. The molecule has 0 saturated heterocycles. The van der Waals surface area contributed by atoms with Gasteiger partial charge < -0.3 is 9.76 Å². The molecule has 0 amide bonds. The standard InChI is InChI=1S/C26H28BO2/c1-25(2,28)26(3,4)29-27-24-14-13-22-16-21(11-12-23(22)17-24)20-10-9-18-7-5-6-8-19(18)15-20/h5-6,8-18,28H,7H2,1-4H3/t18-/m1/s1. The van der Waals surface area contributed by atoms with Crippen molar-refractivity contribution < 1.29 is 9.76 Å². The van der Waals surface area contributed by atoms with Crippen LogP contribution in [0.2, 0.25) is 0 Å². The van der Waals surface area contributed by atoms with Crippen LogP contribution in [0.15, 0.2) is 78.4 Å². The van der Waals surface area contributed by atoms with Gasteiger partial charge in [0.2, 0.25) is 0 Å². The summed E-state index contributed by atoms with van der Waals surface area (Å²) in [4.78, 5) is 0. The average Bonchev–Trinajstić information content (AvgIpc) is 2.70. The topological polar surface area (TPSA) is 29.5 Å². The highest BCUT2D eigenvalue weighted by Gasteiger charge is 2.35. The van der Waals surface area contributed by atoms with Crippen LogP contribution in [0.4, 0.5) is 0 Å². The monoisotopic (exact) mass is 383 g/mol.